The zero-order valence-corrected chi connectivity index (χ0v) is 47.4. The van der Waals surface area contributed by atoms with Gasteiger partial charge in [0.1, 0.15) is 18.5 Å². The fourth-order valence-electron chi connectivity index (χ4n) is 12.4. The topological polar surface area (TPSA) is 247 Å². The quantitative estimate of drug-likeness (QED) is 0.0630. The van der Waals surface area contributed by atoms with E-state index >= 15 is 0 Å². The molecule has 0 unspecified atom stereocenters. The number of nitrogens with one attached hydrogen (secondary N) is 6. The maximum absolute atomic E-state index is 14.1. The van der Waals surface area contributed by atoms with Gasteiger partial charge in [0.15, 0.2) is 5.82 Å². The molecule has 2 aliphatic heterocycles. The van der Waals surface area contributed by atoms with Gasteiger partial charge in [-0.3, -0.25) is 33.8 Å². The van der Waals surface area contributed by atoms with E-state index in [1.54, 1.807) is 35.3 Å². The Labute approximate surface area is 472 Å². The van der Waals surface area contributed by atoms with Crippen molar-refractivity contribution in [3.05, 3.63) is 59.7 Å². The summed E-state index contributed by atoms with van der Waals surface area (Å²) in [4.78, 5) is 94.5. The first-order valence-electron chi connectivity index (χ1n) is 29.0. The Bertz CT molecular complexity index is 2650. The van der Waals surface area contributed by atoms with Gasteiger partial charge in [-0.05, 0) is 134 Å². The van der Waals surface area contributed by atoms with E-state index in [4.69, 9.17) is 14.2 Å². The Morgan fingerprint density at radius 3 is 2.20 bits per heavy atom. The van der Waals surface area contributed by atoms with E-state index in [9.17, 15) is 41.9 Å². The van der Waals surface area contributed by atoms with Gasteiger partial charge in [-0.15, -0.1) is 0 Å². The Morgan fingerprint density at radius 2 is 1.51 bits per heavy atom. The van der Waals surface area contributed by atoms with E-state index in [1.807, 2.05) is 6.07 Å². The van der Waals surface area contributed by atoms with Crippen LogP contribution in [0.3, 0.4) is 0 Å². The van der Waals surface area contributed by atoms with Gasteiger partial charge in [-0.25, -0.2) is 9.97 Å². The van der Waals surface area contributed by atoms with Gasteiger partial charge in [0.05, 0.1) is 60.5 Å². The normalized spacial score (nSPS) is 26.4. The molecule has 3 aromatic rings. The molecule has 6 N–H and O–H groups in total. The van der Waals surface area contributed by atoms with Crippen molar-refractivity contribution < 1.29 is 56.1 Å². The maximum Gasteiger partial charge on any atom is 0.416 e. The van der Waals surface area contributed by atoms with Crippen molar-refractivity contribution in [3.8, 4) is 0 Å². The number of likely N-dealkylation sites (tertiary alicyclic amines) is 2. The van der Waals surface area contributed by atoms with Crippen LogP contribution in [0, 0.1) is 11.8 Å². The number of carbonyl (C=O) groups is 6. The van der Waals surface area contributed by atoms with Crippen LogP contribution in [0.1, 0.15) is 147 Å². The Balaban J connectivity index is 0.696. The number of aromatic nitrogens is 3. The van der Waals surface area contributed by atoms with Gasteiger partial charge in [0.25, 0.3) is 0 Å². The lowest BCUT2D eigenvalue weighted by Gasteiger charge is -2.43. The van der Waals surface area contributed by atoms with Crippen LogP contribution in [0.15, 0.2) is 42.7 Å². The summed E-state index contributed by atoms with van der Waals surface area (Å²) in [7, 11) is 1.72. The predicted molar refractivity (Wildman–Crippen MR) is 295 cm³/mol. The Hall–Kier alpha value is -6.04. The van der Waals surface area contributed by atoms with Gasteiger partial charge in [0.2, 0.25) is 35.4 Å². The third kappa shape index (κ3) is 17.0. The minimum absolute atomic E-state index is 0.0117. The molecule has 81 heavy (non-hydrogen) atoms. The molecule has 20 nitrogen and oxygen atoms in total. The minimum atomic E-state index is -4.62. The molecule has 8 rings (SSSR count). The molecule has 3 aliphatic carbocycles. The first kappa shape index (κ1) is 61.0. The number of benzene rings is 1. The highest BCUT2D eigenvalue weighted by Crippen LogP contribution is 2.38. The fraction of sp³-hybridized carbons (Fsp3) is 0.672. The molecular weight excluding hydrogens is 1050 g/mol. The molecule has 6 atom stereocenters. The molecule has 0 bridgehead atoms. The number of hydrogen-bond acceptors (Lipinski definition) is 14. The minimum Gasteiger partial charge on any atom is -0.378 e. The van der Waals surface area contributed by atoms with E-state index in [0.717, 1.165) is 49.8 Å². The largest absolute Gasteiger partial charge is 0.416 e. The maximum atomic E-state index is 14.1. The van der Waals surface area contributed by atoms with Gasteiger partial charge >= 0.3 is 6.18 Å². The third-order valence-corrected chi connectivity index (χ3v) is 16.3. The smallest absolute Gasteiger partial charge is 0.378 e. The fourth-order valence-corrected chi connectivity index (χ4v) is 12.4. The van der Waals surface area contributed by atoms with Crippen molar-refractivity contribution in [3.63, 3.8) is 0 Å². The van der Waals surface area contributed by atoms with Gasteiger partial charge in [-0.1, -0.05) is 6.07 Å². The highest BCUT2D eigenvalue weighted by atomic mass is 19.4. The summed E-state index contributed by atoms with van der Waals surface area (Å²) in [6, 6.07) is 5.39. The molecule has 0 spiro atoms. The van der Waals surface area contributed by atoms with Crippen molar-refractivity contribution in [2.45, 2.75) is 191 Å². The lowest BCUT2D eigenvalue weighted by atomic mass is 9.84. The van der Waals surface area contributed by atoms with Crippen molar-refractivity contribution in [2.75, 3.05) is 51.8 Å². The second-order valence-electron chi connectivity index (χ2n) is 23.6. The molecule has 5 aliphatic rings. The van der Waals surface area contributed by atoms with Crippen LogP contribution in [0.25, 0.3) is 10.9 Å². The van der Waals surface area contributed by atoms with E-state index in [-0.39, 0.29) is 138 Å². The summed E-state index contributed by atoms with van der Waals surface area (Å²) in [5.74, 6) is -1.21. The molecule has 0 radical (unpaired) electrons. The summed E-state index contributed by atoms with van der Waals surface area (Å²) < 4.78 is 59.8. The summed E-state index contributed by atoms with van der Waals surface area (Å²) in [5.41, 5.74) is 0.0703. The summed E-state index contributed by atoms with van der Waals surface area (Å²) >= 11 is 0. The second kappa shape index (κ2) is 27.8. The van der Waals surface area contributed by atoms with Crippen LogP contribution in [-0.2, 0) is 55.8 Å². The number of rotatable bonds is 23. The number of pyridine rings is 1. The predicted octanol–water partition coefficient (Wildman–Crippen LogP) is 5.64. The van der Waals surface area contributed by atoms with Crippen molar-refractivity contribution in [1.29, 1.82) is 0 Å². The number of amides is 6. The molecule has 1 aromatic carbocycles. The van der Waals surface area contributed by atoms with Crippen molar-refractivity contribution in [1.82, 2.24) is 51.3 Å². The Morgan fingerprint density at radius 1 is 0.802 bits per heavy atom. The number of alkyl halides is 3. The first-order valence-corrected chi connectivity index (χ1v) is 29.0. The van der Waals surface area contributed by atoms with Gasteiger partial charge in [0, 0.05) is 94.4 Å². The molecule has 444 valence electrons. The highest BCUT2D eigenvalue weighted by Gasteiger charge is 2.44. The second-order valence-corrected chi connectivity index (χ2v) is 23.6. The number of carbonyl (C=O) groups excluding carboxylic acids is 6. The average Bonchev–Trinajstić information content (AvgIpc) is 4.09. The van der Waals surface area contributed by atoms with E-state index < -0.39 is 23.7 Å². The molecular formula is C58H82F3N11O9. The highest BCUT2D eigenvalue weighted by molar-refractivity contribution is 5.94. The molecule has 6 amide bonds. The SMILES string of the molecule is CC(=O)N[C@@H]1C[C@H](NC(C)(C)C)CC[C@@H]1N1CC[C@H](Nc2nc(COCCNC(=O)C3CCC(NC(=O)CCCOC4CCC(OCCNC(=O)[C@H]5CC(=O)N(C)[C@@H]5c5cccnc5)CC4)CC3)nc3ccc(C(F)(F)F)cc23)C1=O. The first-order chi connectivity index (χ1) is 38.7. The molecule has 4 heterocycles. The molecule has 2 saturated heterocycles. The number of fused-ring (bicyclic) bond motifs is 1. The van der Waals surface area contributed by atoms with Crippen LogP contribution in [0.5, 0.6) is 0 Å². The summed E-state index contributed by atoms with van der Waals surface area (Å²) in [6.07, 6.45) is 8.52. The third-order valence-electron chi connectivity index (χ3n) is 16.3. The average molecular weight is 1130 g/mol. The summed E-state index contributed by atoms with van der Waals surface area (Å²) in [6.45, 7) is 9.56. The molecule has 2 aromatic heterocycles. The van der Waals surface area contributed by atoms with Crippen molar-refractivity contribution in [2.24, 2.45) is 11.8 Å². The molecule has 5 fully saturated rings. The van der Waals surface area contributed by atoms with E-state index in [1.165, 1.54) is 13.0 Å². The summed E-state index contributed by atoms with van der Waals surface area (Å²) in [5, 5.41) is 19.0. The molecule has 23 heteroatoms. The number of hydrogen-bond donors (Lipinski definition) is 6. The number of ether oxygens (including phenoxy) is 3. The standard InChI is InChI=1S/C58H82F3N11O9/c1-35(73)65-47-31-40(70-57(2,3)4)15-21-48(47)72-26-22-46(56(72)78)68-53-43-30-38(58(59,60)61)12-20-45(43)67-49(69-53)34-79-28-24-63-54(76)36-10-13-39(14-11-36)66-50(74)9-7-27-80-41-16-18-42(19-17-41)81-29-25-64-55(77)44-32-51(75)71(5)52(44)37-8-6-23-62-33-37/h6,8,12,20,23,30,33,36,39-42,44,46-48,52,70H,7,9-11,13-19,21-22,24-29,31-32,34H2,1-5H3,(H,63,76)(H,64,77)(H,65,73)(H,66,74)(H,67,68,69)/t36?,39?,40-,41?,42?,44+,46+,47-,48+,52-/m1/s1. The van der Waals surface area contributed by atoms with Gasteiger partial charge in [-0.2, -0.15) is 13.2 Å². The zero-order valence-electron chi connectivity index (χ0n) is 47.4. The zero-order chi connectivity index (χ0) is 57.8. The number of halogens is 3. The van der Waals surface area contributed by atoms with Crippen LogP contribution >= 0.6 is 0 Å². The lowest BCUT2D eigenvalue weighted by Crippen LogP contribution is -2.59. The molecule has 3 saturated carbocycles. The monoisotopic (exact) mass is 1130 g/mol. The van der Waals surface area contributed by atoms with Crippen molar-refractivity contribution >= 4 is 52.2 Å². The Kier molecular flexibility index (Phi) is 21.0. The van der Waals surface area contributed by atoms with Crippen LogP contribution in [0.4, 0.5) is 19.0 Å². The van der Waals surface area contributed by atoms with Gasteiger partial charge < -0.3 is 55.9 Å². The van der Waals surface area contributed by atoms with E-state index in [2.05, 4.69) is 67.6 Å². The van der Waals surface area contributed by atoms with Crippen LogP contribution in [-0.4, -0.2) is 155 Å². The number of nitrogens with zero attached hydrogens (tertiary/aromatic N) is 5. The van der Waals surface area contributed by atoms with E-state index in [0.29, 0.717) is 84.1 Å². The number of anilines is 1. The van der Waals surface area contributed by atoms with Crippen LogP contribution < -0.4 is 31.9 Å². The lowest BCUT2D eigenvalue weighted by molar-refractivity contribution is -0.137. The van der Waals surface area contributed by atoms with Crippen LogP contribution in [0.2, 0.25) is 0 Å².